The predicted molar refractivity (Wildman–Crippen MR) is 87.0 cm³/mol. The number of nitrogen functional groups attached to an aromatic ring is 1. The molecule has 110 valence electrons. The van der Waals surface area contributed by atoms with Crippen LogP contribution in [0.1, 0.15) is 15.9 Å². The van der Waals surface area contributed by atoms with Gasteiger partial charge in [-0.3, -0.25) is 4.79 Å². The Morgan fingerprint density at radius 1 is 1.24 bits per heavy atom. The van der Waals surface area contributed by atoms with Gasteiger partial charge in [0.15, 0.2) is 0 Å². The van der Waals surface area contributed by atoms with E-state index in [1.807, 2.05) is 30.3 Å². The number of hydrogen-bond donors (Lipinski definition) is 3. The molecule has 0 heterocycles. The summed E-state index contributed by atoms with van der Waals surface area (Å²) >= 11 is 3.30. The summed E-state index contributed by atoms with van der Waals surface area (Å²) < 4.78 is 0.819. The van der Waals surface area contributed by atoms with Gasteiger partial charge in [0, 0.05) is 10.2 Å². The number of rotatable bonds is 5. The van der Waals surface area contributed by atoms with Crippen molar-refractivity contribution < 1.29 is 9.90 Å². The molecule has 1 atom stereocenters. The summed E-state index contributed by atoms with van der Waals surface area (Å²) in [5.41, 5.74) is 7.70. The average Bonchev–Trinajstić information content (AvgIpc) is 2.47. The van der Waals surface area contributed by atoms with Gasteiger partial charge in [0.05, 0.1) is 18.2 Å². The van der Waals surface area contributed by atoms with Crippen LogP contribution in [0.25, 0.3) is 0 Å². The smallest absolute Gasteiger partial charge is 0.253 e. The summed E-state index contributed by atoms with van der Waals surface area (Å²) in [5, 5.41) is 12.3. The Morgan fingerprint density at radius 3 is 2.57 bits per heavy atom. The van der Waals surface area contributed by atoms with Gasteiger partial charge in [-0.2, -0.15) is 0 Å². The van der Waals surface area contributed by atoms with Gasteiger partial charge >= 0.3 is 0 Å². The number of aliphatic hydroxyl groups is 1. The van der Waals surface area contributed by atoms with Crippen molar-refractivity contribution in [3.05, 3.63) is 64.1 Å². The summed E-state index contributed by atoms with van der Waals surface area (Å²) in [6, 6.07) is 14.5. The minimum absolute atomic E-state index is 0.128. The second-order valence-corrected chi connectivity index (χ2v) is 5.69. The molecular formula is C16H17BrN2O2. The summed E-state index contributed by atoms with van der Waals surface area (Å²) in [6.45, 7) is -0.128. The normalized spacial score (nSPS) is 11.9. The van der Waals surface area contributed by atoms with E-state index in [0.29, 0.717) is 17.7 Å². The molecule has 0 bridgehead atoms. The molecular weight excluding hydrogens is 332 g/mol. The lowest BCUT2D eigenvalue weighted by Gasteiger charge is -2.17. The first-order chi connectivity index (χ1) is 10.1. The third-order valence-corrected chi connectivity index (χ3v) is 3.63. The van der Waals surface area contributed by atoms with Crippen molar-refractivity contribution in [1.29, 1.82) is 0 Å². The third-order valence-electron chi connectivity index (χ3n) is 3.14. The van der Waals surface area contributed by atoms with Crippen LogP contribution in [0.4, 0.5) is 5.69 Å². The molecule has 1 amide bonds. The largest absolute Gasteiger partial charge is 0.398 e. The molecule has 0 radical (unpaired) electrons. The number of amides is 1. The van der Waals surface area contributed by atoms with E-state index in [1.54, 1.807) is 18.2 Å². The van der Waals surface area contributed by atoms with E-state index in [2.05, 4.69) is 21.2 Å². The number of benzene rings is 2. The van der Waals surface area contributed by atoms with Gasteiger partial charge in [0.1, 0.15) is 0 Å². The molecule has 0 aliphatic carbocycles. The first-order valence-corrected chi connectivity index (χ1v) is 7.40. The van der Waals surface area contributed by atoms with Crippen molar-refractivity contribution in [1.82, 2.24) is 5.32 Å². The molecule has 4 nitrogen and oxygen atoms in total. The zero-order valence-electron chi connectivity index (χ0n) is 11.4. The fraction of sp³-hybridized carbons (Fsp3) is 0.188. The molecule has 0 fully saturated rings. The van der Waals surface area contributed by atoms with Crippen LogP contribution in [0.15, 0.2) is 53.0 Å². The lowest BCUT2D eigenvalue weighted by Crippen LogP contribution is -2.39. The fourth-order valence-corrected chi connectivity index (χ4v) is 2.44. The van der Waals surface area contributed by atoms with E-state index in [4.69, 9.17) is 5.73 Å². The third kappa shape index (κ3) is 4.31. The molecule has 4 N–H and O–H groups in total. The number of nitrogens with two attached hydrogens (primary N) is 1. The molecule has 2 aromatic carbocycles. The number of halogens is 1. The molecule has 5 heteroatoms. The lowest BCUT2D eigenvalue weighted by atomic mass is 10.1. The lowest BCUT2D eigenvalue weighted by molar-refractivity contribution is 0.0917. The first kappa shape index (κ1) is 15.5. The van der Waals surface area contributed by atoms with Crippen LogP contribution < -0.4 is 11.1 Å². The Bertz CT molecular complexity index is 617. The second-order valence-electron chi connectivity index (χ2n) is 4.77. The maximum atomic E-state index is 12.2. The van der Waals surface area contributed by atoms with Crippen molar-refractivity contribution in [2.45, 2.75) is 12.5 Å². The van der Waals surface area contributed by atoms with Crippen LogP contribution in [-0.4, -0.2) is 23.7 Å². The molecule has 0 aliphatic rings. The van der Waals surface area contributed by atoms with Gasteiger partial charge in [-0.05, 0) is 30.2 Å². The first-order valence-electron chi connectivity index (χ1n) is 6.61. The molecule has 21 heavy (non-hydrogen) atoms. The Labute approximate surface area is 132 Å². The molecule has 2 rings (SSSR count). The fourth-order valence-electron chi connectivity index (χ4n) is 2.06. The molecule has 1 unspecified atom stereocenters. The minimum atomic E-state index is -0.344. The molecule has 0 saturated heterocycles. The predicted octanol–water partition coefficient (Wildman–Crippen LogP) is 2.36. The Balaban J connectivity index is 2.06. The van der Waals surface area contributed by atoms with Crippen LogP contribution >= 0.6 is 15.9 Å². The highest BCUT2D eigenvalue weighted by Crippen LogP contribution is 2.18. The SMILES string of the molecule is Nc1cc(Br)ccc1C(=O)NC(CO)Cc1ccccc1. The Kier molecular flexibility index (Phi) is 5.36. The average molecular weight is 349 g/mol. The summed E-state index contributed by atoms with van der Waals surface area (Å²) in [5.74, 6) is -0.282. The van der Waals surface area contributed by atoms with Crippen molar-refractivity contribution in [3.8, 4) is 0 Å². The quantitative estimate of drug-likeness (QED) is 0.726. The molecule has 0 aliphatic heterocycles. The number of nitrogens with one attached hydrogen (secondary N) is 1. The van der Waals surface area contributed by atoms with Crippen LogP contribution in [0.2, 0.25) is 0 Å². The number of carbonyl (C=O) groups is 1. The van der Waals surface area contributed by atoms with E-state index in [0.717, 1.165) is 10.0 Å². The maximum absolute atomic E-state index is 12.2. The highest BCUT2D eigenvalue weighted by Gasteiger charge is 2.15. The van der Waals surface area contributed by atoms with Crippen molar-refractivity contribution in [3.63, 3.8) is 0 Å². The topological polar surface area (TPSA) is 75.4 Å². The van der Waals surface area contributed by atoms with Crippen LogP contribution in [0.5, 0.6) is 0 Å². The summed E-state index contributed by atoms with van der Waals surface area (Å²) in [4.78, 5) is 12.2. The molecule has 0 saturated carbocycles. The van der Waals surface area contributed by atoms with Gasteiger partial charge in [-0.1, -0.05) is 46.3 Å². The zero-order valence-corrected chi connectivity index (χ0v) is 13.0. The molecule has 0 spiro atoms. The van der Waals surface area contributed by atoms with Gasteiger partial charge < -0.3 is 16.2 Å². The second kappa shape index (κ2) is 7.24. The summed E-state index contributed by atoms with van der Waals surface area (Å²) in [7, 11) is 0. The molecule has 0 aromatic heterocycles. The van der Waals surface area contributed by atoms with Crippen LogP contribution in [0, 0.1) is 0 Å². The molecule has 2 aromatic rings. The minimum Gasteiger partial charge on any atom is -0.398 e. The maximum Gasteiger partial charge on any atom is 0.253 e. The van der Waals surface area contributed by atoms with Crippen LogP contribution in [-0.2, 0) is 6.42 Å². The van der Waals surface area contributed by atoms with E-state index in [1.165, 1.54) is 0 Å². The van der Waals surface area contributed by atoms with Crippen molar-refractivity contribution in [2.75, 3.05) is 12.3 Å². The monoisotopic (exact) mass is 348 g/mol. The van der Waals surface area contributed by atoms with Crippen LogP contribution in [0.3, 0.4) is 0 Å². The van der Waals surface area contributed by atoms with Crippen molar-refractivity contribution in [2.24, 2.45) is 0 Å². The van der Waals surface area contributed by atoms with E-state index < -0.39 is 0 Å². The number of aliphatic hydroxyl groups excluding tert-OH is 1. The van der Waals surface area contributed by atoms with Gasteiger partial charge in [-0.15, -0.1) is 0 Å². The Morgan fingerprint density at radius 2 is 1.95 bits per heavy atom. The van der Waals surface area contributed by atoms with Gasteiger partial charge in [-0.25, -0.2) is 0 Å². The standard InChI is InChI=1S/C16H17BrN2O2/c17-12-6-7-14(15(18)9-12)16(21)19-13(10-20)8-11-4-2-1-3-5-11/h1-7,9,13,20H,8,10,18H2,(H,19,21). The highest BCUT2D eigenvalue weighted by atomic mass is 79.9. The summed E-state index contributed by atoms with van der Waals surface area (Å²) in [6.07, 6.45) is 0.569. The number of hydrogen-bond acceptors (Lipinski definition) is 3. The van der Waals surface area contributed by atoms with Gasteiger partial charge in [0.2, 0.25) is 0 Å². The number of carbonyl (C=O) groups excluding carboxylic acids is 1. The Hall–Kier alpha value is -1.85. The zero-order chi connectivity index (χ0) is 15.2. The van der Waals surface area contributed by atoms with Gasteiger partial charge in [0.25, 0.3) is 5.91 Å². The highest BCUT2D eigenvalue weighted by molar-refractivity contribution is 9.10. The van der Waals surface area contributed by atoms with Crippen molar-refractivity contribution >= 4 is 27.5 Å². The van der Waals surface area contributed by atoms with E-state index >= 15 is 0 Å². The van der Waals surface area contributed by atoms with E-state index in [-0.39, 0.29) is 18.6 Å². The van der Waals surface area contributed by atoms with E-state index in [9.17, 15) is 9.90 Å². The number of anilines is 1.